The summed E-state index contributed by atoms with van der Waals surface area (Å²) in [7, 11) is 0. The van der Waals surface area contributed by atoms with Gasteiger partial charge in [-0.05, 0) is 68.7 Å². The van der Waals surface area contributed by atoms with Crippen molar-refractivity contribution < 1.29 is 9.13 Å². The summed E-state index contributed by atoms with van der Waals surface area (Å²) in [5, 5.41) is 0. The van der Waals surface area contributed by atoms with Crippen LogP contribution in [0.25, 0.3) is 24.3 Å². The van der Waals surface area contributed by atoms with Gasteiger partial charge in [0.25, 0.3) is 0 Å². The molecule has 0 atom stereocenters. The molecule has 2 aromatic heterocycles. The number of rotatable bonds is 14. The maximum absolute atomic E-state index is 3.44. The van der Waals surface area contributed by atoms with Crippen molar-refractivity contribution in [3.05, 3.63) is 155 Å². The van der Waals surface area contributed by atoms with Crippen molar-refractivity contribution >= 4 is 35.7 Å². The monoisotopic (exact) mass is 607 g/mol. The summed E-state index contributed by atoms with van der Waals surface area (Å²) in [6, 6.07) is 34.8. The SMILES string of the molecule is CCN(CC)c1ccc(/C=C/c2c[c-][n+](Cc3ccccc3C[n+]3ccc(/C=C/c4ccc(N(CC)CC)cc4)cc3)cc2)cc1. The van der Waals surface area contributed by atoms with Crippen LogP contribution in [0.4, 0.5) is 11.4 Å². The molecular weight excluding hydrogens is 560 g/mol. The molecule has 0 spiro atoms. The van der Waals surface area contributed by atoms with Gasteiger partial charge in [0.1, 0.15) is 6.20 Å². The summed E-state index contributed by atoms with van der Waals surface area (Å²) in [5.41, 5.74) is 9.88. The molecule has 0 aliphatic heterocycles. The van der Waals surface area contributed by atoms with Crippen LogP contribution < -0.4 is 18.9 Å². The molecule has 0 saturated carbocycles. The van der Waals surface area contributed by atoms with Gasteiger partial charge in [0.15, 0.2) is 25.5 Å². The maximum atomic E-state index is 3.44. The van der Waals surface area contributed by atoms with E-state index in [0.29, 0.717) is 0 Å². The molecule has 5 aromatic rings. The maximum Gasteiger partial charge on any atom is 0.174 e. The number of benzene rings is 3. The molecule has 0 saturated heterocycles. The van der Waals surface area contributed by atoms with Crippen molar-refractivity contribution in [3.8, 4) is 0 Å². The Morgan fingerprint density at radius 1 is 0.500 bits per heavy atom. The van der Waals surface area contributed by atoms with E-state index >= 15 is 0 Å². The van der Waals surface area contributed by atoms with Gasteiger partial charge in [0, 0.05) is 60.8 Å². The highest BCUT2D eigenvalue weighted by Crippen LogP contribution is 2.18. The van der Waals surface area contributed by atoms with Crippen molar-refractivity contribution in [2.24, 2.45) is 0 Å². The number of nitrogens with zero attached hydrogens (tertiary/aromatic N) is 4. The minimum atomic E-state index is 0.779. The molecule has 3 aromatic carbocycles. The van der Waals surface area contributed by atoms with Crippen LogP contribution in [0.1, 0.15) is 61.1 Å². The summed E-state index contributed by atoms with van der Waals surface area (Å²) in [6.45, 7) is 14.5. The number of hydrogen-bond donors (Lipinski definition) is 0. The Labute approximate surface area is 276 Å². The first-order valence-electron chi connectivity index (χ1n) is 16.6. The Morgan fingerprint density at radius 3 is 1.39 bits per heavy atom. The summed E-state index contributed by atoms with van der Waals surface area (Å²) in [5.74, 6) is 0. The van der Waals surface area contributed by atoms with Crippen LogP contribution >= 0.6 is 0 Å². The molecule has 0 aliphatic carbocycles. The van der Waals surface area contributed by atoms with Crippen LogP contribution in [0.3, 0.4) is 0 Å². The lowest BCUT2D eigenvalue weighted by molar-refractivity contribution is -0.696. The fourth-order valence-electron chi connectivity index (χ4n) is 5.71. The molecule has 2 heterocycles. The van der Waals surface area contributed by atoms with E-state index in [1.54, 1.807) is 0 Å². The predicted octanol–water partition coefficient (Wildman–Crippen LogP) is 8.19. The first-order chi connectivity index (χ1) is 22.6. The van der Waals surface area contributed by atoms with E-state index in [9.17, 15) is 0 Å². The standard InChI is InChI=1S/C42H47N4/c1-5-45(6-2)41-21-17-35(18-22-41)13-15-37-25-29-43(30-26-37)33-39-11-9-10-12-40(39)34-44-31-27-38(28-32-44)16-14-36-19-23-42(24-20-36)46(7-3)8-4/h9-31H,5-8,33-34H2,1-4H3/q+1/b16-14+. The summed E-state index contributed by atoms with van der Waals surface area (Å²) < 4.78 is 4.37. The molecule has 0 bridgehead atoms. The highest BCUT2D eigenvalue weighted by molar-refractivity contribution is 5.71. The Morgan fingerprint density at radius 2 is 0.935 bits per heavy atom. The van der Waals surface area contributed by atoms with Crippen molar-refractivity contribution in [2.45, 2.75) is 40.8 Å². The zero-order chi connectivity index (χ0) is 32.1. The first kappa shape index (κ1) is 32.4. The minimum absolute atomic E-state index is 0.779. The molecule has 46 heavy (non-hydrogen) atoms. The van der Waals surface area contributed by atoms with Crippen molar-refractivity contribution in [2.75, 3.05) is 36.0 Å². The molecule has 234 valence electrons. The predicted molar refractivity (Wildman–Crippen MR) is 195 cm³/mol. The van der Waals surface area contributed by atoms with Crippen LogP contribution in [0.5, 0.6) is 0 Å². The van der Waals surface area contributed by atoms with E-state index in [4.69, 9.17) is 0 Å². The normalized spacial score (nSPS) is 11.4. The molecule has 0 amide bonds. The van der Waals surface area contributed by atoms with Crippen LogP contribution in [0, 0.1) is 6.20 Å². The zero-order valence-corrected chi connectivity index (χ0v) is 27.8. The van der Waals surface area contributed by atoms with Crippen LogP contribution in [0.2, 0.25) is 0 Å². The third-order valence-electron chi connectivity index (χ3n) is 8.55. The average Bonchev–Trinajstić information content (AvgIpc) is 3.11. The second-order valence-electron chi connectivity index (χ2n) is 11.5. The number of aromatic nitrogens is 2. The van der Waals surface area contributed by atoms with E-state index in [2.05, 4.69) is 193 Å². The highest BCUT2D eigenvalue weighted by Gasteiger charge is 2.10. The Bertz CT molecular complexity index is 1560. The van der Waals surface area contributed by atoms with Gasteiger partial charge in [-0.25, -0.2) is 4.57 Å². The third-order valence-corrected chi connectivity index (χ3v) is 8.55. The Balaban J connectivity index is 1.18. The minimum Gasteiger partial charge on any atom is -0.372 e. The lowest BCUT2D eigenvalue weighted by Crippen LogP contribution is -2.37. The van der Waals surface area contributed by atoms with Gasteiger partial charge < -0.3 is 14.4 Å². The number of anilines is 2. The Kier molecular flexibility index (Phi) is 11.5. The summed E-state index contributed by atoms with van der Waals surface area (Å²) in [4.78, 5) is 4.72. The van der Waals surface area contributed by atoms with E-state index in [1.165, 1.54) is 39.2 Å². The van der Waals surface area contributed by atoms with E-state index < -0.39 is 0 Å². The molecule has 0 unspecified atom stereocenters. The van der Waals surface area contributed by atoms with Crippen LogP contribution in [-0.4, -0.2) is 26.2 Å². The third kappa shape index (κ3) is 8.82. The molecule has 5 rings (SSSR count). The lowest BCUT2D eigenvalue weighted by Gasteiger charge is -2.20. The summed E-state index contributed by atoms with van der Waals surface area (Å²) >= 11 is 0. The number of hydrogen-bond acceptors (Lipinski definition) is 2. The smallest absolute Gasteiger partial charge is 0.174 e. The van der Waals surface area contributed by atoms with E-state index in [1.807, 2.05) is 0 Å². The largest absolute Gasteiger partial charge is 0.372 e. The van der Waals surface area contributed by atoms with Crippen LogP contribution in [-0.2, 0) is 13.1 Å². The van der Waals surface area contributed by atoms with E-state index in [-0.39, 0.29) is 0 Å². The van der Waals surface area contributed by atoms with Gasteiger partial charge in [0.05, 0.1) is 6.20 Å². The molecule has 0 aliphatic rings. The topological polar surface area (TPSA) is 14.2 Å². The molecule has 4 nitrogen and oxygen atoms in total. The van der Waals surface area contributed by atoms with Gasteiger partial charge in [-0.15, -0.1) is 23.8 Å². The first-order valence-corrected chi connectivity index (χ1v) is 16.6. The summed E-state index contributed by atoms with van der Waals surface area (Å²) in [6.07, 6.45) is 18.6. The zero-order valence-electron chi connectivity index (χ0n) is 27.8. The van der Waals surface area contributed by atoms with Gasteiger partial charge in [-0.2, -0.15) is 0 Å². The van der Waals surface area contributed by atoms with Gasteiger partial charge in [-0.1, -0.05) is 66.8 Å². The molecule has 0 fully saturated rings. The van der Waals surface area contributed by atoms with Gasteiger partial charge >= 0.3 is 0 Å². The fraction of sp³-hybridized carbons (Fsp3) is 0.238. The molecule has 4 heteroatoms. The molecule has 0 N–H and O–H groups in total. The highest BCUT2D eigenvalue weighted by atomic mass is 15.1. The second-order valence-corrected chi connectivity index (χ2v) is 11.5. The van der Waals surface area contributed by atoms with Gasteiger partial charge in [0.2, 0.25) is 0 Å². The number of pyridine rings is 2. The van der Waals surface area contributed by atoms with Crippen LogP contribution in [0.15, 0.2) is 116 Å². The fourth-order valence-corrected chi connectivity index (χ4v) is 5.71. The second kappa shape index (κ2) is 16.4. The van der Waals surface area contributed by atoms with Crippen molar-refractivity contribution in [1.82, 2.24) is 0 Å². The van der Waals surface area contributed by atoms with Crippen molar-refractivity contribution in [1.29, 1.82) is 0 Å². The Hall–Kier alpha value is -4.96. The van der Waals surface area contributed by atoms with E-state index in [0.717, 1.165) is 44.8 Å². The molecule has 0 radical (unpaired) electrons. The quantitative estimate of drug-likeness (QED) is 0.0934. The van der Waals surface area contributed by atoms with Crippen molar-refractivity contribution in [3.63, 3.8) is 0 Å². The molecular formula is C42H47N4+. The van der Waals surface area contributed by atoms with Gasteiger partial charge in [-0.3, -0.25) is 0 Å². The lowest BCUT2D eigenvalue weighted by atomic mass is 10.1. The average molecular weight is 608 g/mol.